The fourth-order valence-corrected chi connectivity index (χ4v) is 2.86. The maximum Gasteiger partial charge on any atom is 0.151 e. The number of nitrogens with zero attached hydrogens (tertiary/aromatic N) is 4. The van der Waals surface area contributed by atoms with E-state index in [1.54, 1.807) is 18.5 Å². The average Bonchev–Trinajstić information content (AvgIpc) is 2.62. The van der Waals surface area contributed by atoms with Crippen LogP contribution in [0, 0.1) is 0 Å². The summed E-state index contributed by atoms with van der Waals surface area (Å²) in [5, 5.41) is 24.1. The fraction of sp³-hybridized carbons (Fsp3) is 0.235. The third-order valence-corrected chi connectivity index (χ3v) is 4.12. The molecule has 3 heterocycles. The van der Waals surface area contributed by atoms with Crippen LogP contribution in [0.1, 0.15) is 0 Å². The number of aromatic nitrogens is 3. The number of aromatic hydroxyl groups is 1. The molecule has 6 heteroatoms. The Morgan fingerprint density at radius 2 is 1.87 bits per heavy atom. The lowest BCUT2D eigenvalue weighted by molar-refractivity contribution is 0.478. The molecule has 23 heavy (non-hydrogen) atoms. The Hall–Kier alpha value is -2.73. The van der Waals surface area contributed by atoms with E-state index in [1.807, 2.05) is 24.3 Å². The van der Waals surface area contributed by atoms with Crippen molar-refractivity contribution >= 4 is 16.6 Å². The highest BCUT2D eigenvalue weighted by molar-refractivity contribution is 5.89. The Morgan fingerprint density at radius 1 is 1.00 bits per heavy atom. The minimum atomic E-state index is 0.202. The SMILES string of the molecule is Oc1cc2ccncc2cc1-c1ccc(N2CCNCC2)nn1. The van der Waals surface area contributed by atoms with Crippen LogP contribution in [0.5, 0.6) is 5.75 Å². The summed E-state index contributed by atoms with van der Waals surface area (Å²) in [6.07, 6.45) is 3.49. The highest BCUT2D eigenvalue weighted by atomic mass is 16.3. The third kappa shape index (κ3) is 2.68. The van der Waals surface area contributed by atoms with Gasteiger partial charge in [-0.1, -0.05) is 0 Å². The minimum Gasteiger partial charge on any atom is -0.507 e. The van der Waals surface area contributed by atoms with E-state index in [9.17, 15) is 5.11 Å². The van der Waals surface area contributed by atoms with E-state index in [0.29, 0.717) is 11.3 Å². The molecule has 2 aromatic heterocycles. The second kappa shape index (κ2) is 5.81. The van der Waals surface area contributed by atoms with Crippen LogP contribution in [-0.4, -0.2) is 46.5 Å². The quantitative estimate of drug-likeness (QED) is 0.752. The van der Waals surface area contributed by atoms with E-state index in [1.165, 1.54) is 0 Å². The molecule has 6 nitrogen and oxygen atoms in total. The number of rotatable bonds is 2. The van der Waals surface area contributed by atoms with Crippen molar-refractivity contribution in [1.29, 1.82) is 0 Å². The van der Waals surface area contributed by atoms with Crippen LogP contribution in [0.3, 0.4) is 0 Å². The summed E-state index contributed by atoms with van der Waals surface area (Å²) in [5.74, 6) is 1.07. The molecule has 4 rings (SSSR count). The van der Waals surface area contributed by atoms with E-state index in [-0.39, 0.29) is 5.75 Å². The molecule has 0 atom stereocenters. The fourth-order valence-electron chi connectivity index (χ4n) is 2.86. The van der Waals surface area contributed by atoms with E-state index in [0.717, 1.165) is 42.8 Å². The Labute approximate surface area is 133 Å². The highest BCUT2D eigenvalue weighted by Gasteiger charge is 2.13. The number of benzene rings is 1. The topological polar surface area (TPSA) is 74.2 Å². The van der Waals surface area contributed by atoms with Gasteiger partial charge in [-0.2, -0.15) is 0 Å². The van der Waals surface area contributed by atoms with Crippen LogP contribution in [-0.2, 0) is 0 Å². The van der Waals surface area contributed by atoms with Crippen LogP contribution < -0.4 is 10.2 Å². The average molecular weight is 307 g/mol. The first-order chi connectivity index (χ1) is 11.3. The van der Waals surface area contributed by atoms with Crippen molar-refractivity contribution in [1.82, 2.24) is 20.5 Å². The normalized spacial score (nSPS) is 15.0. The lowest BCUT2D eigenvalue weighted by atomic mass is 10.1. The number of piperazine rings is 1. The largest absolute Gasteiger partial charge is 0.507 e. The molecule has 2 N–H and O–H groups in total. The van der Waals surface area contributed by atoms with Crippen LogP contribution >= 0.6 is 0 Å². The van der Waals surface area contributed by atoms with Crippen LogP contribution in [0.15, 0.2) is 42.7 Å². The van der Waals surface area contributed by atoms with Crippen molar-refractivity contribution in [3.63, 3.8) is 0 Å². The molecule has 0 unspecified atom stereocenters. The van der Waals surface area contributed by atoms with Gasteiger partial charge < -0.3 is 15.3 Å². The number of phenolic OH excluding ortho intramolecular Hbond substituents is 1. The molecule has 0 bridgehead atoms. The molecule has 0 aliphatic carbocycles. The predicted octanol–water partition coefficient (Wildman–Crippen LogP) is 1.81. The Bertz CT molecular complexity index is 828. The van der Waals surface area contributed by atoms with Gasteiger partial charge in [-0.05, 0) is 35.7 Å². The van der Waals surface area contributed by atoms with Crippen molar-refractivity contribution in [3.05, 3.63) is 42.7 Å². The molecule has 0 radical (unpaired) electrons. The Morgan fingerprint density at radius 3 is 2.65 bits per heavy atom. The molecule has 1 aromatic carbocycles. The highest BCUT2D eigenvalue weighted by Crippen LogP contribution is 2.32. The van der Waals surface area contributed by atoms with Crippen molar-refractivity contribution < 1.29 is 5.11 Å². The third-order valence-electron chi connectivity index (χ3n) is 4.12. The first-order valence-corrected chi connectivity index (χ1v) is 7.68. The summed E-state index contributed by atoms with van der Waals surface area (Å²) in [5.41, 5.74) is 1.33. The standard InChI is InChI=1S/C17H17N5O/c23-16-10-12-3-4-19-11-13(12)9-14(16)15-1-2-17(21-20-15)22-7-5-18-6-8-22/h1-4,9-11,18,23H,5-8H2. The molecular weight excluding hydrogens is 290 g/mol. The summed E-state index contributed by atoms with van der Waals surface area (Å²) in [6, 6.07) is 9.37. The van der Waals surface area contributed by atoms with E-state index in [4.69, 9.17) is 0 Å². The smallest absolute Gasteiger partial charge is 0.151 e. The molecule has 1 aliphatic rings. The lowest BCUT2D eigenvalue weighted by Gasteiger charge is -2.27. The molecule has 1 saturated heterocycles. The molecule has 116 valence electrons. The van der Waals surface area contributed by atoms with Gasteiger partial charge in [0.2, 0.25) is 0 Å². The number of hydrogen-bond donors (Lipinski definition) is 2. The van der Waals surface area contributed by atoms with Gasteiger partial charge in [0, 0.05) is 49.5 Å². The maximum atomic E-state index is 10.3. The molecule has 0 saturated carbocycles. The number of phenols is 1. The van der Waals surface area contributed by atoms with Gasteiger partial charge in [0.1, 0.15) is 5.75 Å². The predicted molar refractivity (Wildman–Crippen MR) is 89.5 cm³/mol. The number of pyridine rings is 1. The monoisotopic (exact) mass is 307 g/mol. The summed E-state index contributed by atoms with van der Waals surface area (Å²) in [4.78, 5) is 6.33. The zero-order valence-electron chi connectivity index (χ0n) is 12.6. The van der Waals surface area contributed by atoms with Crippen molar-refractivity contribution in [2.45, 2.75) is 0 Å². The summed E-state index contributed by atoms with van der Waals surface area (Å²) in [6.45, 7) is 3.78. The first-order valence-electron chi connectivity index (χ1n) is 7.68. The summed E-state index contributed by atoms with van der Waals surface area (Å²) < 4.78 is 0. The van der Waals surface area contributed by atoms with Gasteiger partial charge in [-0.15, -0.1) is 10.2 Å². The number of hydrogen-bond acceptors (Lipinski definition) is 6. The molecule has 1 aliphatic heterocycles. The second-order valence-electron chi connectivity index (χ2n) is 5.61. The van der Waals surface area contributed by atoms with Crippen LogP contribution in [0.4, 0.5) is 5.82 Å². The van der Waals surface area contributed by atoms with Gasteiger partial charge >= 0.3 is 0 Å². The van der Waals surface area contributed by atoms with Gasteiger partial charge in [-0.25, -0.2) is 0 Å². The van der Waals surface area contributed by atoms with Crippen molar-refractivity contribution in [2.24, 2.45) is 0 Å². The first kappa shape index (κ1) is 13.9. The zero-order chi connectivity index (χ0) is 15.6. The van der Waals surface area contributed by atoms with Crippen molar-refractivity contribution in [3.8, 4) is 17.0 Å². The lowest BCUT2D eigenvalue weighted by Crippen LogP contribution is -2.43. The van der Waals surface area contributed by atoms with Gasteiger partial charge in [0.15, 0.2) is 5.82 Å². The van der Waals surface area contributed by atoms with Crippen LogP contribution in [0.25, 0.3) is 22.0 Å². The van der Waals surface area contributed by atoms with E-state index >= 15 is 0 Å². The molecule has 0 amide bonds. The Kier molecular flexibility index (Phi) is 3.51. The van der Waals surface area contributed by atoms with E-state index < -0.39 is 0 Å². The van der Waals surface area contributed by atoms with Crippen LogP contribution in [0.2, 0.25) is 0 Å². The maximum absolute atomic E-state index is 10.3. The van der Waals surface area contributed by atoms with E-state index in [2.05, 4.69) is 25.4 Å². The molecule has 1 fully saturated rings. The molecular formula is C17H17N5O. The number of anilines is 1. The van der Waals surface area contributed by atoms with Gasteiger partial charge in [-0.3, -0.25) is 4.98 Å². The summed E-state index contributed by atoms with van der Waals surface area (Å²) >= 11 is 0. The minimum absolute atomic E-state index is 0.202. The zero-order valence-corrected chi connectivity index (χ0v) is 12.6. The molecule has 0 spiro atoms. The van der Waals surface area contributed by atoms with Gasteiger partial charge in [0.25, 0.3) is 0 Å². The summed E-state index contributed by atoms with van der Waals surface area (Å²) in [7, 11) is 0. The Balaban J connectivity index is 1.68. The number of fused-ring (bicyclic) bond motifs is 1. The van der Waals surface area contributed by atoms with Crippen molar-refractivity contribution in [2.75, 3.05) is 31.1 Å². The second-order valence-corrected chi connectivity index (χ2v) is 5.61. The molecule has 3 aromatic rings. The number of nitrogens with one attached hydrogen (secondary N) is 1. The van der Waals surface area contributed by atoms with Gasteiger partial charge in [0.05, 0.1) is 5.69 Å².